The molecule has 0 aliphatic heterocycles. The van der Waals surface area contributed by atoms with Gasteiger partial charge in [0.25, 0.3) is 0 Å². The van der Waals surface area contributed by atoms with Gasteiger partial charge in [-0.1, -0.05) is 41.5 Å². The quantitative estimate of drug-likeness (QED) is 0.797. The van der Waals surface area contributed by atoms with Crippen LogP contribution in [0.3, 0.4) is 0 Å². The van der Waals surface area contributed by atoms with Crippen molar-refractivity contribution in [2.45, 2.75) is 59.3 Å². The Bertz CT molecular complexity index is 595. The summed E-state index contributed by atoms with van der Waals surface area (Å²) in [7, 11) is 0. The smallest absolute Gasteiger partial charge is 0.175 e. The molecule has 0 fully saturated rings. The molecule has 4 nitrogen and oxygen atoms in total. The van der Waals surface area contributed by atoms with Crippen LogP contribution in [0.5, 0.6) is 0 Å². The summed E-state index contributed by atoms with van der Waals surface area (Å²) in [4.78, 5) is 0. The Balaban J connectivity index is 2.62. The summed E-state index contributed by atoms with van der Waals surface area (Å²) in [5.74, 6) is 0.774. The number of rotatable bonds is 1. The van der Waals surface area contributed by atoms with Crippen molar-refractivity contribution in [3.8, 4) is 5.82 Å². The minimum atomic E-state index is 0.00304. The van der Waals surface area contributed by atoms with Crippen molar-refractivity contribution in [1.82, 2.24) is 20.0 Å². The van der Waals surface area contributed by atoms with Crippen LogP contribution in [0.2, 0.25) is 0 Å². The lowest BCUT2D eigenvalue weighted by atomic mass is 9.88. The SMILES string of the molecule is Cc1ccc(-n2nc(C(C)(C)C)cc2C(C)(C)C)nn1. The zero-order valence-electron chi connectivity index (χ0n) is 13.5. The molecule has 2 rings (SSSR count). The Morgan fingerprint density at radius 1 is 0.900 bits per heavy atom. The van der Waals surface area contributed by atoms with E-state index < -0.39 is 0 Å². The monoisotopic (exact) mass is 272 g/mol. The Kier molecular flexibility index (Phi) is 3.44. The molecule has 2 heterocycles. The number of aromatic nitrogens is 4. The maximum absolute atomic E-state index is 4.76. The third-order valence-electron chi connectivity index (χ3n) is 3.25. The van der Waals surface area contributed by atoms with E-state index >= 15 is 0 Å². The zero-order valence-corrected chi connectivity index (χ0v) is 13.5. The Morgan fingerprint density at radius 2 is 1.55 bits per heavy atom. The Hall–Kier alpha value is -1.71. The van der Waals surface area contributed by atoms with Gasteiger partial charge in [-0.15, -0.1) is 5.10 Å². The summed E-state index contributed by atoms with van der Waals surface area (Å²) in [6.45, 7) is 15.0. The Morgan fingerprint density at radius 3 is 2.00 bits per heavy atom. The summed E-state index contributed by atoms with van der Waals surface area (Å²) in [5, 5.41) is 13.2. The summed E-state index contributed by atoms with van der Waals surface area (Å²) >= 11 is 0. The molecular formula is C16H24N4. The van der Waals surface area contributed by atoms with E-state index in [1.54, 1.807) is 0 Å². The van der Waals surface area contributed by atoms with Crippen molar-refractivity contribution in [2.24, 2.45) is 0 Å². The fourth-order valence-corrected chi connectivity index (χ4v) is 1.96. The first-order chi connectivity index (χ1) is 9.09. The molecule has 0 unspecified atom stereocenters. The third-order valence-corrected chi connectivity index (χ3v) is 3.25. The van der Waals surface area contributed by atoms with Crippen LogP contribution >= 0.6 is 0 Å². The van der Waals surface area contributed by atoms with Gasteiger partial charge in [0.15, 0.2) is 5.82 Å². The summed E-state index contributed by atoms with van der Waals surface area (Å²) in [6, 6.07) is 6.12. The molecule has 20 heavy (non-hydrogen) atoms. The molecule has 0 amide bonds. The van der Waals surface area contributed by atoms with Crippen LogP contribution in [0.15, 0.2) is 18.2 Å². The number of hydrogen-bond acceptors (Lipinski definition) is 3. The molecule has 0 aliphatic rings. The van der Waals surface area contributed by atoms with E-state index in [1.165, 1.54) is 0 Å². The molecule has 0 spiro atoms. The van der Waals surface area contributed by atoms with Crippen LogP contribution in [-0.4, -0.2) is 20.0 Å². The highest BCUT2D eigenvalue weighted by Crippen LogP contribution is 2.29. The van der Waals surface area contributed by atoms with Gasteiger partial charge in [-0.05, 0) is 25.1 Å². The Labute approximate surface area is 121 Å². The van der Waals surface area contributed by atoms with Crippen molar-refractivity contribution in [3.63, 3.8) is 0 Å². The summed E-state index contributed by atoms with van der Waals surface area (Å²) in [6.07, 6.45) is 0. The first-order valence-corrected chi connectivity index (χ1v) is 7.01. The van der Waals surface area contributed by atoms with E-state index in [4.69, 9.17) is 5.10 Å². The van der Waals surface area contributed by atoms with Gasteiger partial charge < -0.3 is 0 Å². The van der Waals surface area contributed by atoms with Crippen molar-refractivity contribution < 1.29 is 0 Å². The van der Waals surface area contributed by atoms with Gasteiger partial charge in [0.2, 0.25) is 0 Å². The van der Waals surface area contributed by atoms with Gasteiger partial charge in [-0.25, -0.2) is 4.68 Å². The lowest BCUT2D eigenvalue weighted by molar-refractivity contribution is 0.532. The van der Waals surface area contributed by atoms with Crippen molar-refractivity contribution in [2.75, 3.05) is 0 Å². The minimum absolute atomic E-state index is 0.00304. The molecule has 0 aliphatic carbocycles. The molecule has 0 saturated carbocycles. The third kappa shape index (κ3) is 2.89. The van der Waals surface area contributed by atoms with E-state index in [0.717, 1.165) is 22.9 Å². The molecule has 108 valence electrons. The van der Waals surface area contributed by atoms with Crippen LogP contribution in [0.25, 0.3) is 5.82 Å². The second-order valence-corrected chi connectivity index (χ2v) is 7.36. The van der Waals surface area contributed by atoms with Crippen LogP contribution in [0, 0.1) is 6.92 Å². The van der Waals surface area contributed by atoms with Gasteiger partial charge in [0.1, 0.15) is 0 Å². The molecule has 0 N–H and O–H groups in total. The lowest BCUT2D eigenvalue weighted by Gasteiger charge is -2.19. The van der Waals surface area contributed by atoms with E-state index in [1.807, 2.05) is 23.7 Å². The second-order valence-electron chi connectivity index (χ2n) is 7.36. The van der Waals surface area contributed by atoms with Gasteiger partial charge in [-0.3, -0.25) is 0 Å². The van der Waals surface area contributed by atoms with Crippen LogP contribution in [-0.2, 0) is 10.8 Å². The predicted molar refractivity (Wildman–Crippen MR) is 81.3 cm³/mol. The van der Waals surface area contributed by atoms with Crippen molar-refractivity contribution >= 4 is 0 Å². The van der Waals surface area contributed by atoms with E-state index in [2.05, 4.69) is 57.8 Å². The topological polar surface area (TPSA) is 43.6 Å². The maximum Gasteiger partial charge on any atom is 0.175 e. The first-order valence-electron chi connectivity index (χ1n) is 7.01. The standard InChI is InChI=1S/C16H24N4/c1-11-8-9-14(18-17-11)20-13(16(5,6)7)10-12(19-20)15(2,3)4/h8-10H,1-7H3. The molecule has 2 aromatic rings. The highest BCUT2D eigenvalue weighted by Gasteiger charge is 2.26. The fourth-order valence-electron chi connectivity index (χ4n) is 1.96. The summed E-state index contributed by atoms with van der Waals surface area (Å²) in [5.41, 5.74) is 3.16. The average Bonchev–Trinajstić information content (AvgIpc) is 2.74. The fraction of sp³-hybridized carbons (Fsp3) is 0.562. The molecule has 2 aromatic heterocycles. The predicted octanol–water partition coefficient (Wildman–Crippen LogP) is 3.57. The van der Waals surface area contributed by atoms with Gasteiger partial charge >= 0.3 is 0 Å². The van der Waals surface area contributed by atoms with Gasteiger partial charge in [0, 0.05) is 10.8 Å². The van der Waals surface area contributed by atoms with Crippen LogP contribution in [0.1, 0.15) is 58.6 Å². The van der Waals surface area contributed by atoms with Gasteiger partial charge in [0.05, 0.1) is 17.1 Å². The van der Waals surface area contributed by atoms with Gasteiger partial charge in [-0.2, -0.15) is 10.2 Å². The van der Waals surface area contributed by atoms with E-state index in [9.17, 15) is 0 Å². The lowest BCUT2D eigenvalue weighted by Crippen LogP contribution is -2.18. The molecular weight excluding hydrogens is 248 g/mol. The molecule has 0 aromatic carbocycles. The van der Waals surface area contributed by atoms with Crippen LogP contribution in [0.4, 0.5) is 0 Å². The summed E-state index contributed by atoms with van der Waals surface area (Å²) < 4.78 is 1.92. The molecule has 0 atom stereocenters. The van der Waals surface area contributed by atoms with Crippen molar-refractivity contribution in [3.05, 3.63) is 35.3 Å². The highest BCUT2D eigenvalue weighted by atomic mass is 15.4. The highest BCUT2D eigenvalue weighted by molar-refractivity contribution is 5.31. The normalized spacial score (nSPS) is 12.8. The second kappa shape index (κ2) is 4.69. The molecule has 4 heteroatoms. The van der Waals surface area contributed by atoms with E-state index in [-0.39, 0.29) is 10.8 Å². The van der Waals surface area contributed by atoms with Crippen LogP contribution < -0.4 is 0 Å². The van der Waals surface area contributed by atoms with E-state index in [0.29, 0.717) is 0 Å². The number of aryl methyl sites for hydroxylation is 1. The largest absolute Gasteiger partial charge is 0.217 e. The molecule has 0 radical (unpaired) electrons. The first kappa shape index (κ1) is 14.7. The number of nitrogens with zero attached hydrogens (tertiary/aromatic N) is 4. The zero-order chi connectivity index (χ0) is 15.1. The average molecular weight is 272 g/mol. The molecule has 0 saturated heterocycles. The van der Waals surface area contributed by atoms with Crippen molar-refractivity contribution in [1.29, 1.82) is 0 Å². The minimum Gasteiger partial charge on any atom is -0.217 e. The maximum atomic E-state index is 4.76. The molecule has 0 bridgehead atoms. The number of hydrogen-bond donors (Lipinski definition) is 0.